The highest BCUT2D eigenvalue weighted by Gasteiger charge is 2.11. The molecule has 4 nitrogen and oxygen atoms in total. The monoisotopic (exact) mass is 366 g/mol. The zero-order valence-electron chi connectivity index (χ0n) is 15.0. The van der Waals surface area contributed by atoms with Crippen molar-refractivity contribution in [3.63, 3.8) is 0 Å². The number of hydrogen-bond acceptors (Lipinski definition) is 4. The van der Waals surface area contributed by atoms with Crippen molar-refractivity contribution in [1.82, 2.24) is 9.88 Å². The van der Waals surface area contributed by atoms with Gasteiger partial charge in [0.2, 0.25) is 5.91 Å². The summed E-state index contributed by atoms with van der Waals surface area (Å²) in [6, 6.07) is 17.9. The molecule has 0 aliphatic carbocycles. The van der Waals surface area contributed by atoms with Crippen LogP contribution >= 0.6 is 11.3 Å². The quantitative estimate of drug-likeness (QED) is 0.622. The number of aromatic nitrogens is 1. The molecule has 5 heteroatoms. The van der Waals surface area contributed by atoms with Gasteiger partial charge in [-0.1, -0.05) is 30.3 Å². The molecule has 1 aromatic heterocycles. The van der Waals surface area contributed by atoms with Gasteiger partial charge in [0.05, 0.1) is 12.8 Å². The van der Waals surface area contributed by atoms with E-state index in [1.165, 1.54) is 0 Å². The van der Waals surface area contributed by atoms with Crippen LogP contribution in [0.3, 0.4) is 0 Å². The first kappa shape index (κ1) is 18.1. The lowest BCUT2D eigenvalue weighted by atomic mass is 10.2. The molecule has 0 saturated heterocycles. The standard InChI is InChI=1S/C21H22N2O2S/c1-23(14-16-6-4-3-5-7-16)20(24)13-10-18-15-26-21(22-18)17-8-11-19(25-2)12-9-17/h3-9,11-12,15H,10,13-14H2,1-2H3. The van der Waals surface area contributed by atoms with Gasteiger partial charge in [-0.25, -0.2) is 4.98 Å². The second-order valence-electron chi connectivity index (χ2n) is 6.11. The molecular formula is C21H22N2O2S. The van der Waals surface area contributed by atoms with Gasteiger partial charge in [-0.05, 0) is 36.2 Å². The summed E-state index contributed by atoms with van der Waals surface area (Å²) in [5.41, 5.74) is 3.16. The van der Waals surface area contributed by atoms with E-state index in [1.54, 1.807) is 23.3 Å². The predicted molar refractivity (Wildman–Crippen MR) is 105 cm³/mol. The number of aryl methyl sites for hydroxylation is 1. The zero-order valence-corrected chi connectivity index (χ0v) is 15.8. The number of nitrogens with zero attached hydrogens (tertiary/aromatic N) is 2. The third-order valence-electron chi connectivity index (χ3n) is 4.17. The molecule has 1 heterocycles. The number of carbonyl (C=O) groups excluding carboxylic acids is 1. The number of ether oxygens (including phenoxy) is 1. The van der Waals surface area contributed by atoms with Gasteiger partial charge in [-0.15, -0.1) is 11.3 Å². The number of benzene rings is 2. The van der Waals surface area contributed by atoms with Crippen LogP contribution in [0.4, 0.5) is 0 Å². The maximum atomic E-state index is 12.4. The number of amides is 1. The van der Waals surface area contributed by atoms with Crippen molar-refractivity contribution in [3.8, 4) is 16.3 Å². The number of hydrogen-bond donors (Lipinski definition) is 0. The lowest BCUT2D eigenvalue weighted by Crippen LogP contribution is -2.26. The fourth-order valence-corrected chi connectivity index (χ4v) is 3.52. The zero-order chi connectivity index (χ0) is 18.4. The highest BCUT2D eigenvalue weighted by molar-refractivity contribution is 7.13. The van der Waals surface area contributed by atoms with Gasteiger partial charge >= 0.3 is 0 Å². The van der Waals surface area contributed by atoms with Crippen molar-refractivity contribution >= 4 is 17.2 Å². The van der Waals surface area contributed by atoms with Crippen LogP contribution in [0.25, 0.3) is 10.6 Å². The van der Waals surface area contributed by atoms with Crippen molar-refractivity contribution in [3.05, 3.63) is 71.2 Å². The Morgan fingerprint density at radius 2 is 1.85 bits per heavy atom. The Hall–Kier alpha value is -2.66. The summed E-state index contributed by atoms with van der Waals surface area (Å²) in [6.45, 7) is 0.633. The van der Waals surface area contributed by atoms with Crippen molar-refractivity contribution < 1.29 is 9.53 Å². The van der Waals surface area contributed by atoms with Crippen LogP contribution in [0.15, 0.2) is 60.0 Å². The van der Waals surface area contributed by atoms with Gasteiger partial charge in [-0.2, -0.15) is 0 Å². The fraction of sp³-hybridized carbons (Fsp3) is 0.238. The Labute approximate surface area is 158 Å². The average Bonchev–Trinajstić information content (AvgIpc) is 3.16. The summed E-state index contributed by atoms with van der Waals surface area (Å²) < 4.78 is 5.18. The van der Waals surface area contributed by atoms with Crippen LogP contribution in [0.5, 0.6) is 5.75 Å². The molecule has 0 fully saturated rings. The number of methoxy groups -OCH3 is 1. The summed E-state index contributed by atoms with van der Waals surface area (Å²) >= 11 is 1.60. The van der Waals surface area contributed by atoms with Crippen molar-refractivity contribution in [2.24, 2.45) is 0 Å². The highest BCUT2D eigenvalue weighted by Crippen LogP contribution is 2.26. The van der Waals surface area contributed by atoms with Crippen molar-refractivity contribution in [1.29, 1.82) is 0 Å². The normalized spacial score (nSPS) is 10.5. The smallest absolute Gasteiger partial charge is 0.223 e. The minimum Gasteiger partial charge on any atom is -0.497 e. The van der Waals surface area contributed by atoms with E-state index >= 15 is 0 Å². The van der Waals surface area contributed by atoms with E-state index in [0.29, 0.717) is 19.4 Å². The summed E-state index contributed by atoms with van der Waals surface area (Å²) in [7, 11) is 3.50. The predicted octanol–water partition coefficient (Wildman–Crippen LogP) is 4.41. The molecule has 0 aliphatic heterocycles. The van der Waals surface area contributed by atoms with Crippen LogP contribution in [0, 0.1) is 0 Å². The van der Waals surface area contributed by atoms with E-state index < -0.39 is 0 Å². The molecule has 0 saturated carbocycles. The average molecular weight is 366 g/mol. The molecule has 2 aromatic carbocycles. The summed E-state index contributed by atoms with van der Waals surface area (Å²) in [4.78, 5) is 18.8. The first-order valence-electron chi connectivity index (χ1n) is 8.52. The topological polar surface area (TPSA) is 42.4 Å². The minimum atomic E-state index is 0.132. The molecular weight excluding hydrogens is 344 g/mol. The molecule has 0 bridgehead atoms. The van der Waals surface area contributed by atoms with E-state index in [4.69, 9.17) is 4.74 Å². The van der Waals surface area contributed by atoms with E-state index in [1.807, 2.05) is 67.0 Å². The first-order valence-corrected chi connectivity index (χ1v) is 9.40. The maximum absolute atomic E-state index is 12.4. The number of carbonyl (C=O) groups is 1. The minimum absolute atomic E-state index is 0.132. The summed E-state index contributed by atoms with van der Waals surface area (Å²) in [6.07, 6.45) is 1.12. The summed E-state index contributed by atoms with van der Waals surface area (Å²) in [5, 5.41) is 3.00. The van der Waals surface area contributed by atoms with Crippen LogP contribution < -0.4 is 4.74 Å². The Morgan fingerprint density at radius 3 is 2.54 bits per heavy atom. The Kier molecular flexibility index (Phi) is 6.02. The lowest BCUT2D eigenvalue weighted by molar-refractivity contribution is -0.130. The molecule has 134 valence electrons. The van der Waals surface area contributed by atoms with Crippen LogP contribution in [-0.2, 0) is 17.8 Å². The van der Waals surface area contributed by atoms with Crippen LogP contribution in [-0.4, -0.2) is 29.9 Å². The van der Waals surface area contributed by atoms with Gasteiger partial charge in [-0.3, -0.25) is 4.79 Å². The van der Waals surface area contributed by atoms with Gasteiger partial charge in [0, 0.05) is 31.0 Å². The molecule has 0 spiro atoms. The van der Waals surface area contributed by atoms with E-state index in [9.17, 15) is 4.79 Å². The summed E-state index contributed by atoms with van der Waals surface area (Å²) in [5.74, 6) is 0.963. The number of rotatable bonds is 7. The molecule has 0 aliphatic rings. The molecule has 3 rings (SSSR count). The number of thiazole rings is 1. The third-order valence-corrected chi connectivity index (χ3v) is 5.11. The second-order valence-corrected chi connectivity index (χ2v) is 6.97. The molecule has 1 amide bonds. The molecule has 0 unspecified atom stereocenters. The van der Waals surface area contributed by atoms with Gasteiger partial charge in [0.25, 0.3) is 0 Å². The first-order chi connectivity index (χ1) is 12.7. The fourth-order valence-electron chi connectivity index (χ4n) is 2.66. The molecule has 0 radical (unpaired) electrons. The van der Waals surface area contributed by atoms with E-state index in [2.05, 4.69) is 4.98 Å². The second kappa shape index (κ2) is 8.63. The molecule has 0 atom stereocenters. The van der Waals surface area contributed by atoms with Gasteiger partial charge in [0.15, 0.2) is 0 Å². The van der Waals surface area contributed by atoms with E-state index in [-0.39, 0.29) is 5.91 Å². The SMILES string of the molecule is COc1ccc(-c2nc(CCC(=O)N(C)Cc3ccccc3)cs2)cc1. The molecule has 3 aromatic rings. The lowest BCUT2D eigenvalue weighted by Gasteiger charge is -2.17. The van der Waals surface area contributed by atoms with Crippen molar-refractivity contribution in [2.75, 3.05) is 14.2 Å². The Morgan fingerprint density at radius 1 is 1.12 bits per heavy atom. The molecule has 0 N–H and O–H groups in total. The van der Waals surface area contributed by atoms with E-state index in [0.717, 1.165) is 27.6 Å². The highest BCUT2D eigenvalue weighted by atomic mass is 32.1. The van der Waals surface area contributed by atoms with Crippen LogP contribution in [0.2, 0.25) is 0 Å². The Balaban J connectivity index is 1.54. The van der Waals surface area contributed by atoms with Gasteiger partial charge in [0.1, 0.15) is 10.8 Å². The van der Waals surface area contributed by atoms with Crippen molar-refractivity contribution in [2.45, 2.75) is 19.4 Å². The maximum Gasteiger partial charge on any atom is 0.223 e. The van der Waals surface area contributed by atoms with Crippen LogP contribution in [0.1, 0.15) is 17.7 Å². The largest absolute Gasteiger partial charge is 0.497 e. The Bertz CT molecular complexity index is 844. The van der Waals surface area contributed by atoms with Gasteiger partial charge < -0.3 is 9.64 Å². The molecule has 26 heavy (non-hydrogen) atoms. The third kappa shape index (κ3) is 4.70.